The van der Waals surface area contributed by atoms with Crippen molar-refractivity contribution in [1.29, 1.82) is 0 Å². The predicted octanol–water partition coefficient (Wildman–Crippen LogP) is 1.69. The number of pyridine rings is 1. The summed E-state index contributed by atoms with van der Waals surface area (Å²) in [6, 6.07) is 4.07. The van der Waals surface area contributed by atoms with Crippen LogP contribution in [0.4, 0.5) is 0 Å². The molecule has 1 amide bonds. The van der Waals surface area contributed by atoms with Crippen LogP contribution in [-0.4, -0.2) is 34.6 Å². The van der Waals surface area contributed by atoms with Crippen LogP contribution in [0.1, 0.15) is 30.3 Å². The minimum Gasteiger partial charge on any atom is -0.349 e. The van der Waals surface area contributed by atoms with E-state index in [0.29, 0.717) is 11.6 Å². The van der Waals surface area contributed by atoms with Crippen molar-refractivity contribution in [3.63, 3.8) is 0 Å². The van der Waals surface area contributed by atoms with Gasteiger partial charge in [-0.1, -0.05) is 13.3 Å². The van der Waals surface area contributed by atoms with Crippen molar-refractivity contribution in [2.75, 3.05) is 13.1 Å². The van der Waals surface area contributed by atoms with E-state index in [4.69, 9.17) is 0 Å². The Labute approximate surface area is 124 Å². The third-order valence-corrected chi connectivity index (χ3v) is 4.47. The molecule has 0 radical (unpaired) electrons. The molecule has 1 fully saturated rings. The van der Waals surface area contributed by atoms with Crippen LogP contribution in [-0.2, 0) is 7.05 Å². The fraction of sp³-hybridized carbons (Fsp3) is 0.500. The molecule has 21 heavy (non-hydrogen) atoms. The van der Waals surface area contributed by atoms with Crippen LogP contribution in [0.5, 0.6) is 0 Å². The SMILES string of the molecule is CCC1CCNCC1NC(=O)c1cc2ccn(C)c2cn1. The van der Waals surface area contributed by atoms with Crippen molar-refractivity contribution in [1.82, 2.24) is 20.2 Å². The van der Waals surface area contributed by atoms with E-state index in [1.165, 1.54) is 0 Å². The summed E-state index contributed by atoms with van der Waals surface area (Å²) in [5.74, 6) is 0.476. The zero-order chi connectivity index (χ0) is 14.8. The van der Waals surface area contributed by atoms with Crippen molar-refractivity contribution in [3.8, 4) is 0 Å². The smallest absolute Gasteiger partial charge is 0.270 e. The second-order valence-corrected chi connectivity index (χ2v) is 5.80. The van der Waals surface area contributed by atoms with Gasteiger partial charge in [-0.25, -0.2) is 4.98 Å². The third kappa shape index (κ3) is 2.78. The van der Waals surface area contributed by atoms with E-state index in [-0.39, 0.29) is 11.9 Å². The second kappa shape index (κ2) is 5.85. The first kappa shape index (κ1) is 14.1. The van der Waals surface area contributed by atoms with Gasteiger partial charge in [-0.15, -0.1) is 0 Å². The van der Waals surface area contributed by atoms with E-state index >= 15 is 0 Å². The Morgan fingerprint density at radius 3 is 3.24 bits per heavy atom. The number of hydrogen-bond donors (Lipinski definition) is 2. The maximum absolute atomic E-state index is 12.4. The number of carbonyl (C=O) groups excluding carboxylic acids is 1. The van der Waals surface area contributed by atoms with Crippen molar-refractivity contribution >= 4 is 16.8 Å². The molecule has 0 aromatic carbocycles. The van der Waals surface area contributed by atoms with Gasteiger partial charge in [-0.05, 0) is 31.0 Å². The molecule has 0 aliphatic carbocycles. The molecular weight excluding hydrogens is 264 g/mol. The monoisotopic (exact) mass is 286 g/mol. The number of aryl methyl sites for hydroxylation is 1. The lowest BCUT2D eigenvalue weighted by molar-refractivity contribution is 0.0905. The van der Waals surface area contributed by atoms with E-state index in [0.717, 1.165) is 36.8 Å². The molecule has 3 rings (SSSR count). The van der Waals surface area contributed by atoms with Gasteiger partial charge in [0.25, 0.3) is 5.91 Å². The fourth-order valence-corrected chi connectivity index (χ4v) is 3.10. The zero-order valence-electron chi connectivity index (χ0n) is 12.6. The highest BCUT2D eigenvalue weighted by Gasteiger charge is 2.25. The van der Waals surface area contributed by atoms with Crippen LogP contribution in [0.3, 0.4) is 0 Å². The Kier molecular flexibility index (Phi) is 3.92. The van der Waals surface area contributed by atoms with Crippen molar-refractivity contribution < 1.29 is 4.79 Å². The van der Waals surface area contributed by atoms with Gasteiger partial charge in [0.05, 0.1) is 11.7 Å². The van der Waals surface area contributed by atoms with E-state index in [1.54, 1.807) is 6.20 Å². The molecule has 3 heterocycles. The molecule has 1 aliphatic heterocycles. The Morgan fingerprint density at radius 1 is 1.57 bits per heavy atom. The average Bonchev–Trinajstić information content (AvgIpc) is 2.88. The molecule has 2 aromatic rings. The summed E-state index contributed by atoms with van der Waals surface area (Å²) in [6.45, 7) is 4.07. The topological polar surface area (TPSA) is 58.9 Å². The van der Waals surface area contributed by atoms with Gasteiger partial charge in [0.15, 0.2) is 0 Å². The molecule has 2 aromatic heterocycles. The van der Waals surface area contributed by atoms with Gasteiger partial charge in [0.1, 0.15) is 5.69 Å². The van der Waals surface area contributed by atoms with Crippen LogP contribution in [0.25, 0.3) is 10.9 Å². The number of fused-ring (bicyclic) bond motifs is 1. The normalized spacial score (nSPS) is 22.4. The Bertz CT molecular complexity index is 649. The van der Waals surface area contributed by atoms with Gasteiger partial charge in [0, 0.05) is 31.2 Å². The number of aromatic nitrogens is 2. The number of nitrogens with zero attached hydrogens (tertiary/aromatic N) is 2. The third-order valence-electron chi connectivity index (χ3n) is 4.47. The molecule has 112 valence electrons. The lowest BCUT2D eigenvalue weighted by Gasteiger charge is -2.32. The van der Waals surface area contributed by atoms with Crippen LogP contribution < -0.4 is 10.6 Å². The van der Waals surface area contributed by atoms with Crippen LogP contribution >= 0.6 is 0 Å². The van der Waals surface area contributed by atoms with E-state index in [1.807, 2.05) is 29.9 Å². The Balaban J connectivity index is 1.76. The average molecular weight is 286 g/mol. The van der Waals surface area contributed by atoms with E-state index in [9.17, 15) is 4.79 Å². The summed E-state index contributed by atoms with van der Waals surface area (Å²) in [6.07, 6.45) is 5.96. The minimum absolute atomic E-state index is 0.0760. The highest BCUT2D eigenvalue weighted by molar-refractivity contribution is 5.96. The highest BCUT2D eigenvalue weighted by Crippen LogP contribution is 2.18. The molecule has 0 spiro atoms. The summed E-state index contributed by atoms with van der Waals surface area (Å²) >= 11 is 0. The molecular formula is C16H22N4O. The van der Waals surface area contributed by atoms with Crippen LogP contribution in [0.15, 0.2) is 24.5 Å². The maximum atomic E-state index is 12.4. The van der Waals surface area contributed by atoms with Crippen LogP contribution in [0.2, 0.25) is 0 Å². The molecule has 2 N–H and O–H groups in total. The first-order valence-electron chi connectivity index (χ1n) is 7.61. The minimum atomic E-state index is -0.0760. The molecule has 5 nitrogen and oxygen atoms in total. The lowest BCUT2D eigenvalue weighted by Crippen LogP contribution is -2.51. The molecule has 0 bridgehead atoms. The number of amides is 1. The maximum Gasteiger partial charge on any atom is 0.270 e. The molecule has 5 heteroatoms. The number of rotatable bonds is 3. The molecule has 1 saturated heterocycles. The van der Waals surface area contributed by atoms with Gasteiger partial charge >= 0.3 is 0 Å². The summed E-state index contributed by atoms with van der Waals surface area (Å²) < 4.78 is 2.00. The molecule has 1 aliphatic rings. The Morgan fingerprint density at radius 2 is 2.43 bits per heavy atom. The highest BCUT2D eigenvalue weighted by atomic mass is 16.1. The zero-order valence-corrected chi connectivity index (χ0v) is 12.6. The van der Waals surface area contributed by atoms with Gasteiger partial charge in [-0.2, -0.15) is 0 Å². The molecule has 2 unspecified atom stereocenters. The van der Waals surface area contributed by atoms with Crippen molar-refractivity contribution in [2.45, 2.75) is 25.8 Å². The number of carbonyl (C=O) groups is 1. The summed E-state index contributed by atoms with van der Waals surface area (Å²) in [7, 11) is 1.98. The standard InChI is InChI=1S/C16H22N4O/c1-3-11-4-6-17-9-14(11)19-16(21)13-8-12-5-7-20(2)15(12)10-18-13/h5,7-8,10-11,14,17H,3-4,6,9H2,1-2H3,(H,19,21). The fourth-order valence-electron chi connectivity index (χ4n) is 3.10. The Hall–Kier alpha value is -1.88. The molecule has 2 atom stereocenters. The predicted molar refractivity (Wildman–Crippen MR) is 83.2 cm³/mol. The quantitative estimate of drug-likeness (QED) is 0.903. The second-order valence-electron chi connectivity index (χ2n) is 5.80. The van der Waals surface area contributed by atoms with Gasteiger partial charge < -0.3 is 15.2 Å². The first-order chi connectivity index (χ1) is 10.2. The number of nitrogens with one attached hydrogen (secondary N) is 2. The van der Waals surface area contributed by atoms with Gasteiger partial charge in [0.2, 0.25) is 0 Å². The van der Waals surface area contributed by atoms with E-state index in [2.05, 4.69) is 22.5 Å². The van der Waals surface area contributed by atoms with Crippen LogP contribution in [0, 0.1) is 5.92 Å². The largest absolute Gasteiger partial charge is 0.349 e. The van der Waals surface area contributed by atoms with Gasteiger partial charge in [-0.3, -0.25) is 4.79 Å². The number of piperidine rings is 1. The number of hydrogen-bond acceptors (Lipinski definition) is 3. The first-order valence-corrected chi connectivity index (χ1v) is 7.61. The summed E-state index contributed by atoms with van der Waals surface area (Å²) in [5.41, 5.74) is 1.53. The van der Waals surface area contributed by atoms with Crippen molar-refractivity contribution in [3.05, 3.63) is 30.2 Å². The lowest BCUT2D eigenvalue weighted by atomic mass is 9.90. The molecule has 0 saturated carbocycles. The van der Waals surface area contributed by atoms with E-state index < -0.39 is 0 Å². The summed E-state index contributed by atoms with van der Waals surface area (Å²) in [4.78, 5) is 16.7. The summed E-state index contributed by atoms with van der Waals surface area (Å²) in [5, 5.41) is 7.54. The van der Waals surface area contributed by atoms with Crippen molar-refractivity contribution in [2.24, 2.45) is 13.0 Å².